The molecular formula is C26H22N3O4S2-. The molecule has 2 aromatic carbocycles. The van der Waals surface area contributed by atoms with Crippen molar-refractivity contribution in [2.45, 2.75) is 13.3 Å². The third-order valence-electron chi connectivity index (χ3n) is 5.28. The summed E-state index contributed by atoms with van der Waals surface area (Å²) >= 11 is 6.46. The van der Waals surface area contributed by atoms with Crippen molar-refractivity contribution in [1.82, 2.24) is 14.7 Å². The summed E-state index contributed by atoms with van der Waals surface area (Å²) in [6.45, 7) is 6.03. The summed E-state index contributed by atoms with van der Waals surface area (Å²) < 4.78 is 7.73. The van der Waals surface area contributed by atoms with E-state index in [-0.39, 0.29) is 18.9 Å². The zero-order chi connectivity index (χ0) is 24.9. The molecule has 0 unspecified atom stereocenters. The lowest BCUT2D eigenvalue weighted by molar-refractivity contribution is -0.305. The lowest BCUT2D eigenvalue weighted by atomic mass is 10.0. The largest absolute Gasteiger partial charge is 0.550 e. The molecule has 9 heteroatoms. The van der Waals surface area contributed by atoms with Gasteiger partial charge in [-0.2, -0.15) is 5.10 Å². The van der Waals surface area contributed by atoms with Crippen LogP contribution in [0.3, 0.4) is 0 Å². The van der Waals surface area contributed by atoms with Gasteiger partial charge >= 0.3 is 0 Å². The average Bonchev–Trinajstić information content (AvgIpc) is 3.37. The van der Waals surface area contributed by atoms with E-state index in [0.717, 1.165) is 39.9 Å². The van der Waals surface area contributed by atoms with Crippen LogP contribution in [0.1, 0.15) is 17.5 Å². The van der Waals surface area contributed by atoms with Crippen molar-refractivity contribution in [2.24, 2.45) is 0 Å². The number of para-hydroxylation sites is 1. The first-order valence-electron chi connectivity index (χ1n) is 10.8. The number of carboxylic acid groups (broad SMARTS) is 1. The molecule has 0 spiro atoms. The number of thioether (sulfide) groups is 1. The first-order valence-corrected chi connectivity index (χ1v) is 12.0. The van der Waals surface area contributed by atoms with Crippen LogP contribution in [0.5, 0.6) is 5.75 Å². The van der Waals surface area contributed by atoms with Crippen molar-refractivity contribution in [3.8, 4) is 22.7 Å². The number of ether oxygens (including phenoxy) is 1. The van der Waals surface area contributed by atoms with E-state index in [1.54, 1.807) is 16.8 Å². The van der Waals surface area contributed by atoms with Crippen molar-refractivity contribution in [2.75, 3.05) is 13.2 Å². The molecule has 0 aliphatic carbocycles. The van der Waals surface area contributed by atoms with Crippen LogP contribution in [0, 0.1) is 6.92 Å². The van der Waals surface area contributed by atoms with Gasteiger partial charge in [-0.1, -0.05) is 54.8 Å². The Kier molecular flexibility index (Phi) is 7.48. The average molecular weight is 505 g/mol. The summed E-state index contributed by atoms with van der Waals surface area (Å²) in [4.78, 5) is 25.5. The standard InChI is InChI=1S/C26H23N3O4S2/c1-3-13-33-20-9-10-21(17(2)14-20)24-18(16-29(27-24)19-7-5-4-6-8-19)15-22-25(32)28(26(34)35-22)12-11-23(30)31/h3-10,14-16H,1,11-13H2,2H3,(H,30,31)/p-1/b22-15+. The molecule has 0 saturated carbocycles. The Hall–Kier alpha value is -3.69. The van der Waals surface area contributed by atoms with Crippen molar-refractivity contribution in [3.05, 3.63) is 83.4 Å². The highest BCUT2D eigenvalue weighted by atomic mass is 32.2. The van der Waals surface area contributed by atoms with Gasteiger partial charge in [0.15, 0.2) is 0 Å². The predicted octanol–water partition coefficient (Wildman–Crippen LogP) is 3.75. The normalized spacial score (nSPS) is 14.5. The zero-order valence-electron chi connectivity index (χ0n) is 19.0. The van der Waals surface area contributed by atoms with Crippen LogP contribution in [0.25, 0.3) is 23.0 Å². The number of carboxylic acids is 1. The fraction of sp³-hybridized carbons (Fsp3) is 0.154. The fourth-order valence-electron chi connectivity index (χ4n) is 3.60. The summed E-state index contributed by atoms with van der Waals surface area (Å²) in [6.07, 6.45) is 5.02. The van der Waals surface area contributed by atoms with Gasteiger partial charge in [-0.25, -0.2) is 4.68 Å². The Morgan fingerprint density at radius 3 is 2.71 bits per heavy atom. The number of hydrogen-bond donors (Lipinski definition) is 0. The number of aliphatic carboxylic acids is 1. The summed E-state index contributed by atoms with van der Waals surface area (Å²) in [5, 5.41) is 15.7. The third kappa shape index (κ3) is 5.52. The van der Waals surface area contributed by atoms with Crippen LogP contribution in [0.15, 0.2) is 72.3 Å². The molecule has 1 aliphatic rings. The quantitative estimate of drug-likeness (QED) is 0.249. The van der Waals surface area contributed by atoms with Crippen LogP contribution < -0.4 is 9.84 Å². The van der Waals surface area contributed by atoms with Crippen LogP contribution in [0.4, 0.5) is 0 Å². The molecular weight excluding hydrogens is 482 g/mol. The molecule has 1 aromatic heterocycles. The monoisotopic (exact) mass is 504 g/mol. The highest BCUT2D eigenvalue weighted by molar-refractivity contribution is 8.26. The lowest BCUT2D eigenvalue weighted by Crippen LogP contribution is -2.33. The van der Waals surface area contributed by atoms with E-state index < -0.39 is 5.97 Å². The molecule has 0 bridgehead atoms. The number of rotatable bonds is 9. The van der Waals surface area contributed by atoms with Crippen molar-refractivity contribution >= 4 is 46.3 Å². The maximum Gasteiger partial charge on any atom is 0.266 e. The Bertz CT molecular complexity index is 1330. The van der Waals surface area contributed by atoms with Crippen LogP contribution in [-0.2, 0) is 9.59 Å². The molecule has 0 radical (unpaired) electrons. The van der Waals surface area contributed by atoms with E-state index in [4.69, 9.17) is 22.1 Å². The molecule has 1 aliphatic heterocycles. The summed E-state index contributed by atoms with van der Waals surface area (Å²) in [7, 11) is 0. The van der Waals surface area contributed by atoms with E-state index in [2.05, 4.69) is 6.58 Å². The van der Waals surface area contributed by atoms with Crippen molar-refractivity contribution in [1.29, 1.82) is 0 Å². The molecule has 1 fully saturated rings. The Labute approximate surface area is 212 Å². The van der Waals surface area contributed by atoms with Crippen LogP contribution in [-0.4, -0.2) is 44.0 Å². The lowest BCUT2D eigenvalue weighted by Gasteiger charge is -2.14. The molecule has 1 amide bonds. The molecule has 35 heavy (non-hydrogen) atoms. The van der Waals surface area contributed by atoms with Crippen LogP contribution >= 0.6 is 24.0 Å². The Balaban J connectivity index is 1.75. The van der Waals surface area contributed by atoms with Gasteiger partial charge in [0.2, 0.25) is 0 Å². The fourth-order valence-corrected chi connectivity index (χ4v) is 4.90. The molecule has 3 aromatic rings. The number of carbonyl (C=O) groups is 2. The van der Waals surface area contributed by atoms with E-state index in [1.807, 2.05) is 61.7 Å². The molecule has 1 saturated heterocycles. The summed E-state index contributed by atoms with van der Waals surface area (Å²) in [5.41, 5.74) is 4.16. The highest BCUT2D eigenvalue weighted by Crippen LogP contribution is 2.36. The Morgan fingerprint density at radius 1 is 1.26 bits per heavy atom. The van der Waals surface area contributed by atoms with Gasteiger partial charge < -0.3 is 14.6 Å². The number of aromatic nitrogens is 2. The van der Waals surface area contributed by atoms with E-state index in [9.17, 15) is 14.7 Å². The molecule has 0 atom stereocenters. The number of nitrogens with zero attached hydrogens (tertiary/aromatic N) is 3. The number of hydrogen-bond acceptors (Lipinski definition) is 7. The minimum atomic E-state index is -1.23. The van der Waals surface area contributed by atoms with Crippen LogP contribution in [0.2, 0.25) is 0 Å². The molecule has 7 nitrogen and oxygen atoms in total. The van der Waals surface area contributed by atoms with Gasteiger partial charge in [0.05, 0.1) is 10.6 Å². The van der Waals surface area contributed by atoms with Gasteiger partial charge in [-0.05, 0) is 48.9 Å². The number of benzene rings is 2. The van der Waals surface area contributed by atoms with Gasteiger partial charge in [-0.15, -0.1) is 0 Å². The number of carbonyl (C=O) groups excluding carboxylic acids is 2. The number of aryl methyl sites for hydroxylation is 1. The van der Waals surface area contributed by atoms with Gasteiger partial charge in [0, 0.05) is 36.3 Å². The highest BCUT2D eigenvalue weighted by Gasteiger charge is 2.32. The number of amides is 1. The summed E-state index contributed by atoms with van der Waals surface area (Å²) in [6, 6.07) is 15.4. The zero-order valence-corrected chi connectivity index (χ0v) is 20.6. The van der Waals surface area contributed by atoms with E-state index in [0.29, 0.717) is 21.5 Å². The van der Waals surface area contributed by atoms with Gasteiger partial charge in [0.1, 0.15) is 22.4 Å². The second-order valence-corrected chi connectivity index (χ2v) is 9.42. The van der Waals surface area contributed by atoms with Crippen molar-refractivity contribution < 1.29 is 19.4 Å². The summed E-state index contributed by atoms with van der Waals surface area (Å²) in [5.74, 6) is -0.834. The minimum Gasteiger partial charge on any atom is -0.550 e. The Morgan fingerprint density at radius 2 is 2.03 bits per heavy atom. The first-order chi connectivity index (χ1) is 16.9. The molecule has 2 heterocycles. The van der Waals surface area contributed by atoms with Gasteiger partial charge in [0.25, 0.3) is 5.91 Å². The third-order valence-corrected chi connectivity index (χ3v) is 6.66. The van der Waals surface area contributed by atoms with Crippen molar-refractivity contribution in [3.63, 3.8) is 0 Å². The maximum absolute atomic E-state index is 13.0. The second kappa shape index (κ2) is 10.7. The molecule has 4 rings (SSSR count). The second-order valence-electron chi connectivity index (χ2n) is 7.74. The van der Waals surface area contributed by atoms with E-state index >= 15 is 0 Å². The molecule has 0 N–H and O–H groups in total. The smallest absolute Gasteiger partial charge is 0.266 e. The SMILES string of the molecule is C=CCOc1ccc(-c2nn(-c3ccccc3)cc2/C=C2/SC(=S)N(CCC(=O)[O-])C2=O)c(C)c1. The topological polar surface area (TPSA) is 87.5 Å². The maximum atomic E-state index is 13.0. The molecule has 178 valence electrons. The van der Waals surface area contributed by atoms with Gasteiger partial charge in [-0.3, -0.25) is 9.69 Å². The first kappa shape index (κ1) is 24.4. The minimum absolute atomic E-state index is 0.0221. The predicted molar refractivity (Wildman–Crippen MR) is 139 cm³/mol. The van der Waals surface area contributed by atoms with E-state index in [1.165, 1.54) is 4.90 Å². The number of thiocarbonyl (C=S) groups is 1.